The van der Waals surface area contributed by atoms with Crippen LogP contribution in [-0.4, -0.2) is 43.7 Å². The Labute approximate surface area is 185 Å². The summed E-state index contributed by atoms with van der Waals surface area (Å²) in [5, 5.41) is 12.5. The molecule has 32 heavy (non-hydrogen) atoms. The molecule has 174 valence electrons. The Kier molecular flexibility index (Phi) is 7.22. The molecule has 0 bridgehead atoms. The van der Waals surface area contributed by atoms with Gasteiger partial charge in [0, 0.05) is 12.1 Å². The second kappa shape index (κ2) is 9.04. The van der Waals surface area contributed by atoms with E-state index in [2.05, 4.69) is 5.32 Å². The molecule has 0 aliphatic rings. The molecule has 0 spiro atoms. The first-order valence-corrected chi connectivity index (χ1v) is 10.7. The van der Waals surface area contributed by atoms with E-state index in [0.717, 1.165) is 18.2 Å². The summed E-state index contributed by atoms with van der Waals surface area (Å²) in [7, 11) is -4.48. The van der Waals surface area contributed by atoms with Gasteiger partial charge in [-0.05, 0) is 50.2 Å². The Morgan fingerprint density at radius 1 is 1.09 bits per heavy atom. The number of halogens is 5. The molecule has 2 aromatic rings. The maximum absolute atomic E-state index is 14.7. The van der Waals surface area contributed by atoms with E-state index in [1.807, 2.05) is 0 Å². The molecule has 0 saturated carbocycles. The zero-order chi connectivity index (χ0) is 24.5. The smallest absolute Gasteiger partial charge is 0.373 e. The summed E-state index contributed by atoms with van der Waals surface area (Å²) in [4.78, 5) is 22.3. The predicted molar refractivity (Wildman–Crippen MR) is 107 cm³/mol. The first-order valence-electron chi connectivity index (χ1n) is 8.86. The molecule has 2 amide bonds. The van der Waals surface area contributed by atoms with Crippen molar-refractivity contribution in [3.8, 4) is 0 Å². The lowest BCUT2D eigenvalue weighted by molar-refractivity contribution is -0.242. The molecule has 0 aliphatic carbocycles. The first-order chi connectivity index (χ1) is 14.6. The quantitative estimate of drug-likeness (QED) is 0.531. The number of carbonyl (C=O) groups excluding carboxylic acids is 2. The van der Waals surface area contributed by atoms with Crippen LogP contribution < -0.4 is 10.6 Å². The number of aliphatic hydroxyl groups is 1. The second-order valence-corrected chi connectivity index (χ2v) is 8.95. The molecular weight excluding hydrogens is 480 g/mol. The molecule has 3 N–H and O–H groups in total. The van der Waals surface area contributed by atoms with Gasteiger partial charge in [0.2, 0.25) is 15.4 Å². The fraction of sp³-hybridized carbons (Fsp3) is 0.263. The molecule has 2 rings (SSSR count). The minimum Gasteiger partial charge on any atom is -0.373 e. The third-order valence-corrected chi connectivity index (χ3v) is 6.50. The molecule has 1 unspecified atom stereocenters. The van der Waals surface area contributed by atoms with Crippen LogP contribution in [0.3, 0.4) is 0 Å². The summed E-state index contributed by atoms with van der Waals surface area (Å²) in [5.74, 6) is -3.91. The number of hydrogen-bond acceptors (Lipinski definition) is 5. The van der Waals surface area contributed by atoms with E-state index in [9.17, 15) is 40.7 Å². The molecule has 7 nitrogen and oxygen atoms in total. The van der Waals surface area contributed by atoms with E-state index in [0.29, 0.717) is 12.6 Å². The van der Waals surface area contributed by atoms with Gasteiger partial charge in [0.25, 0.3) is 11.8 Å². The lowest BCUT2D eigenvalue weighted by Gasteiger charge is -2.25. The summed E-state index contributed by atoms with van der Waals surface area (Å²) in [6.07, 6.45) is -5.33. The van der Waals surface area contributed by atoms with Crippen molar-refractivity contribution in [1.29, 1.82) is 0 Å². The van der Waals surface area contributed by atoms with Crippen LogP contribution in [0.4, 0.5) is 23.2 Å². The van der Waals surface area contributed by atoms with Crippen molar-refractivity contribution < 1.29 is 40.7 Å². The molecule has 0 saturated heterocycles. The van der Waals surface area contributed by atoms with Gasteiger partial charge < -0.3 is 15.7 Å². The molecule has 0 radical (unpaired) electrons. The molecule has 0 aliphatic heterocycles. The minimum atomic E-state index is -5.33. The Morgan fingerprint density at radius 2 is 1.66 bits per heavy atom. The van der Waals surface area contributed by atoms with Crippen LogP contribution in [0.5, 0.6) is 0 Å². The average Bonchev–Trinajstić information content (AvgIpc) is 2.70. The van der Waals surface area contributed by atoms with E-state index in [1.54, 1.807) is 12.2 Å². The number of anilines is 1. The Hall–Kier alpha value is -2.70. The molecule has 1 atom stereocenters. The standard InChI is InChI=1S/C19H17ClF4N2O5S/c1-3-25-16(27)10-4-6-11(7-5-10)32(30,31)13-9-8-12(14(20)15(13)21)26-17(28)18(2,29)19(22,23)24/h4-9,29H,3H2,1-2H3,(H,25,27)(H,26,28). The van der Waals surface area contributed by atoms with Gasteiger partial charge in [-0.15, -0.1) is 0 Å². The lowest BCUT2D eigenvalue weighted by atomic mass is 10.1. The van der Waals surface area contributed by atoms with Crippen LogP contribution in [0, 0.1) is 5.82 Å². The average molecular weight is 497 g/mol. The van der Waals surface area contributed by atoms with Gasteiger partial charge in [0.1, 0.15) is 9.92 Å². The Balaban J connectivity index is 2.39. The van der Waals surface area contributed by atoms with E-state index in [4.69, 9.17) is 11.6 Å². The van der Waals surface area contributed by atoms with Crippen LogP contribution >= 0.6 is 11.6 Å². The van der Waals surface area contributed by atoms with Crippen molar-refractivity contribution >= 4 is 38.9 Å². The van der Waals surface area contributed by atoms with Crippen LogP contribution in [0.25, 0.3) is 0 Å². The maximum Gasteiger partial charge on any atom is 0.426 e. The van der Waals surface area contributed by atoms with Gasteiger partial charge in [-0.3, -0.25) is 9.59 Å². The fourth-order valence-corrected chi connectivity index (χ4v) is 3.99. The Bertz CT molecular complexity index is 1150. The topological polar surface area (TPSA) is 113 Å². The van der Waals surface area contributed by atoms with Gasteiger partial charge in [0.15, 0.2) is 5.82 Å². The highest BCUT2D eigenvalue weighted by Crippen LogP contribution is 2.35. The molecule has 0 heterocycles. The van der Waals surface area contributed by atoms with E-state index in [-0.39, 0.29) is 17.4 Å². The summed E-state index contributed by atoms with van der Waals surface area (Å²) in [5.41, 5.74) is -4.31. The van der Waals surface area contributed by atoms with Crippen LogP contribution in [0.1, 0.15) is 24.2 Å². The number of nitrogens with one attached hydrogen (secondary N) is 2. The SMILES string of the molecule is CCNC(=O)c1ccc(S(=O)(=O)c2ccc(NC(=O)C(C)(O)C(F)(F)F)c(Cl)c2F)cc1. The van der Waals surface area contributed by atoms with E-state index >= 15 is 0 Å². The van der Waals surface area contributed by atoms with Crippen molar-refractivity contribution in [3.05, 3.63) is 52.8 Å². The van der Waals surface area contributed by atoms with Gasteiger partial charge in [-0.25, -0.2) is 12.8 Å². The zero-order valence-electron chi connectivity index (χ0n) is 16.5. The predicted octanol–water partition coefficient (Wildman–Crippen LogP) is 3.31. The largest absolute Gasteiger partial charge is 0.426 e. The second-order valence-electron chi connectivity index (χ2n) is 6.65. The molecule has 0 fully saturated rings. The summed E-state index contributed by atoms with van der Waals surface area (Å²) < 4.78 is 78.6. The Morgan fingerprint density at radius 3 is 2.16 bits per heavy atom. The molecular formula is C19H17ClF4N2O5S. The van der Waals surface area contributed by atoms with Crippen molar-refractivity contribution in [1.82, 2.24) is 5.32 Å². The van der Waals surface area contributed by atoms with Gasteiger partial charge in [-0.1, -0.05) is 11.6 Å². The number of carbonyl (C=O) groups is 2. The third-order valence-electron chi connectivity index (χ3n) is 4.34. The summed E-state index contributed by atoms with van der Waals surface area (Å²) >= 11 is 5.73. The highest BCUT2D eigenvalue weighted by Gasteiger charge is 2.55. The van der Waals surface area contributed by atoms with Crippen LogP contribution in [-0.2, 0) is 14.6 Å². The van der Waals surface area contributed by atoms with Crippen molar-refractivity contribution in [3.63, 3.8) is 0 Å². The summed E-state index contributed by atoms with van der Waals surface area (Å²) in [6.45, 7) is 2.24. The maximum atomic E-state index is 14.7. The molecule has 2 aromatic carbocycles. The molecule has 0 aromatic heterocycles. The summed E-state index contributed by atoms with van der Waals surface area (Å²) in [6, 6.07) is 6.06. The number of benzene rings is 2. The number of alkyl halides is 3. The van der Waals surface area contributed by atoms with Crippen molar-refractivity contribution in [2.75, 3.05) is 11.9 Å². The van der Waals surface area contributed by atoms with Crippen molar-refractivity contribution in [2.24, 2.45) is 0 Å². The zero-order valence-corrected chi connectivity index (χ0v) is 18.1. The number of sulfone groups is 1. The van der Waals surface area contributed by atoms with E-state index < -0.39 is 54.9 Å². The van der Waals surface area contributed by atoms with Crippen LogP contribution in [0.2, 0.25) is 5.02 Å². The van der Waals surface area contributed by atoms with Gasteiger partial charge >= 0.3 is 6.18 Å². The normalized spacial score (nSPS) is 13.9. The van der Waals surface area contributed by atoms with E-state index in [1.165, 1.54) is 12.1 Å². The third kappa shape index (κ3) is 4.87. The van der Waals surface area contributed by atoms with Gasteiger partial charge in [-0.2, -0.15) is 13.2 Å². The van der Waals surface area contributed by atoms with Crippen LogP contribution in [0.15, 0.2) is 46.2 Å². The van der Waals surface area contributed by atoms with Crippen molar-refractivity contribution in [2.45, 2.75) is 35.4 Å². The first kappa shape index (κ1) is 25.6. The monoisotopic (exact) mass is 496 g/mol. The molecule has 13 heteroatoms. The highest BCUT2D eigenvalue weighted by molar-refractivity contribution is 7.91. The number of hydrogen-bond donors (Lipinski definition) is 3. The lowest BCUT2D eigenvalue weighted by Crippen LogP contribution is -2.52. The number of rotatable bonds is 6. The number of amides is 2. The highest BCUT2D eigenvalue weighted by atomic mass is 35.5. The van der Waals surface area contributed by atoms with Gasteiger partial charge in [0.05, 0.1) is 10.6 Å². The fourth-order valence-electron chi connectivity index (χ4n) is 2.38. The minimum absolute atomic E-state index is 0.166.